The minimum absolute atomic E-state index is 0.308. The van der Waals surface area contributed by atoms with E-state index in [2.05, 4.69) is 14.6 Å². The summed E-state index contributed by atoms with van der Waals surface area (Å²) in [5.74, 6) is 0. The molecule has 0 aliphatic carbocycles. The highest BCUT2D eigenvalue weighted by Gasteiger charge is 2.07. The summed E-state index contributed by atoms with van der Waals surface area (Å²) < 4.78 is 4.58. The van der Waals surface area contributed by atoms with Crippen molar-refractivity contribution < 1.29 is 4.52 Å². The lowest BCUT2D eigenvalue weighted by molar-refractivity contribution is 0.390. The maximum absolute atomic E-state index is 11.1. The van der Waals surface area contributed by atoms with Crippen molar-refractivity contribution in [2.75, 3.05) is 39.1 Å². The summed E-state index contributed by atoms with van der Waals surface area (Å²) in [5, 5.41) is 2.44. The summed E-state index contributed by atoms with van der Waals surface area (Å²) in [6.45, 7) is 1.86. The number of hydrogen-bond acceptors (Lipinski definition) is 4. The SMILES string of the molecule is CN(C)CCCN(C)c1c[nH]oc1=O. The van der Waals surface area contributed by atoms with Gasteiger partial charge < -0.3 is 14.3 Å². The van der Waals surface area contributed by atoms with Crippen molar-refractivity contribution >= 4 is 5.69 Å². The number of H-pyrrole nitrogens is 1. The zero-order chi connectivity index (χ0) is 10.6. The molecule has 0 saturated heterocycles. The quantitative estimate of drug-likeness (QED) is 0.743. The van der Waals surface area contributed by atoms with Gasteiger partial charge in [0, 0.05) is 13.6 Å². The van der Waals surface area contributed by atoms with E-state index in [0.29, 0.717) is 5.69 Å². The number of aromatic nitrogens is 1. The molecule has 5 heteroatoms. The van der Waals surface area contributed by atoms with Gasteiger partial charge in [-0.15, -0.1) is 0 Å². The van der Waals surface area contributed by atoms with E-state index in [1.54, 1.807) is 6.20 Å². The first-order chi connectivity index (χ1) is 6.61. The maximum Gasteiger partial charge on any atom is 0.380 e. The van der Waals surface area contributed by atoms with Crippen LogP contribution in [0.1, 0.15) is 6.42 Å². The van der Waals surface area contributed by atoms with Crippen molar-refractivity contribution in [3.8, 4) is 0 Å². The Kier molecular flexibility index (Phi) is 3.76. The van der Waals surface area contributed by atoms with Crippen LogP contribution in [0.25, 0.3) is 0 Å². The zero-order valence-electron chi connectivity index (χ0n) is 8.91. The van der Waals surface area contributed by atoms with Crippen LogP contribution in [0.4, 0.5) is 5.69 Å². The molecule has 1 aromatic rings. The molecule has 0 radical (unpaired) electrons. The minimum atomic E-state index is -0.308. The van der Waals surface area contributed by atoms with Gasteiger partial charge >= 0.3 is 5.63 Å². The molecule has 0 saturated carbocycles. The average Bonchev–Trinajstić information content (AvgIpc) is 2.50. The molecule has 80 valence electrons. The van der Waals surface area contributed by atoms with Gasteiger partial charge in [-0.2, -0.15) is 0 Å². The van der Waals surface area contributed by atoms with Crippen LogP contribution in [0.5, 0.6) is 0 Å². The highest BCUT2D eigenvalue weighted by molar-refractivity contribution is 5.39. The summed E-state index contributed by atoms with van der Waals surface area (Å²) in [4.78, 5) is 15.1. The molecule has 1 N–H and O–H groups in total. The molecule has 0 fully saturated rings. The number of nitrogens with zero attached hydrogens (tertiary/aromatic N) is 2. The van der Waals surface area contributed by atoms with E-state index in [1.807, 2.05) is 26.0 Å². The normalized spacial score (nSPS) is 10.9. The molecule has 5 nitrogen and oxygen atoms in total. The summed E-state index contributed by atoms with van der Waals surface area (Å²) in [6, 6.07) is 0. The van der Waals surface area contributed by atoms with E-state index in [4.69, 9.17) is 0 Å². The Bertz CT molecular complexity index is 316. The molecule has 0 aliphatic heterocycles. The van der Waals surface area contributed by atoms with Crippen LogP contribution in [0.3, 0.4) is 0 Å². The lowest BCUT2D eigenvalue weighted by Crippen LogP contribution is -2.25. The Morgan fingerprint density at radius 2 is 2.07 bits per heavy atom. The van der Waals surface area contributed by atoms with Gasteiger partial charge in [-0.25, -0.2) is 9.95 Å². The highest BCUT2D eigenvalue weighted by Crippen LogP contribution is 2.03. The Balaban J connectivity index is 2.40. The maximum atomic E-state index is 11.1. The molecule has 0 aromatic carbocycles. The van der Waals surface area contributed by atoms with Gasteiger partial charge in [-0.1, -0.05) is 0 Å². The monoisotopic (exact) mass is 199 g/mol. The largest absolute Gasteiger partial charge is 0.380 e. The summed E-state index contributed by atoms with van der Waals surface area (Å²) in [7, 11) is 5.95. The first kappa shape index (κ1) is 10.8. The van der Waals surface area contributed by atoms with Crippen molar-refractivity contribution in [3.63, 3.8) is 0 Å². The fraction of sp³-hybridized carbons (Fsp3) is 0.667. The Labute approximate surface area is 83.3 Å². The van der Waals surface area contributed by atoms with Crippen LogP contribution in [0.2, 0.25) is 0 Å². The smallest absolute Gasteiger partial charge is 0.367 e. The Morgan fingerprint density at radius 1 is 1.36 bits per heavy atom. The number of nitrogens with one attached hydrogen (secondary N) is 1. The molecule has 14 heavy (non-hydrogen) atoms. The van der Waals surface area contributed by atoms with E-state index in [0.717, 1.165) is 19.5 Å². The summed E-state index contributed by atoms with van der Waals surface area (Å²) in [6.07, 6.45) is 2.60. The fourth-order valence-corrected chi connectivity index (χ4v) is 1.26. The summed E-state index contributed by atoms with van der Waals surface area (Å²) >= 11 is 0. The third-order valence-electron chi connectivity index (χ3n) is 2.07. The lowest BCUT2D eigenvalue weighted by Gasteiger charge is -2.16. The Morgan fingerprint density at radius 3 is 2.57 bits per heavy atom. The standard InChI is InChI=1S/C9H17N3O2/c1-11(2)5-4-6-12(3)8-7-10-14-9(8)13/h7,10H,4-6H2,1-3H3. The molecule has 0 aliphatic rings. The predicted molar refractivity (Wildman–Crippen MR) is 55.8 cm³/mol. The molecule has 0 unspecified atom stereocenters. The van der Waals surface area contributed by atoms with Crippen LogP contribution < -0.4 is 10.5 Å². The molecule has 1 aromatic heterocycles. The average molecular weight is 199 g/mol. The van der Waals surface area contributed by atoms with Crippen LogP contribution in [-0.4, -0.2) is 44.3 Å². The van der Waals surface area contributed by atoms with Crippen molar-refractivity contribution in [1.82, 2.24) is 10.1 Å². The van der Waals surface area contributed by atoms with Gasteiger partial charge in [0.2, 0.25) is 0 Å². The van der Waals surface area contributed by atoms with Gasteiger partial charge in [-0.05, 0) is 27.1 Å². The molecular formula is C9H17N3O2. The molecule has 1 heterocycles. The van der Waals surface area contributed by atoms with Crippen LogP contribution in [-0.2, 0) is 0 Å². The molecule has 0 amide bonds. The minimum Gasteiger partial charge on any atom is -0.367 e. The van der Waals surface area contributed by atoms with E-state index in [9.17, 15) is 4.79 Å². The molecule has 0 bridgehead atoms. The fourth-order valence-electron chi connectivity index (χ4n) is 1.26. The number of rotatable bonds is 5. The topological polar surface area (TPSA) is 52.5 Å². The van der Waals surface area contributed by atoms with E-state index in [1.165, 1.54) is 0 Å². The van der Waals surface area contributed by atoms with Gasteiger partial charge in [0.1, 0.15) is 5.69 Å². The molecule has 0 atom stereocenters. The number of hydrogen-bond donors (Lipinski definition) is 1. The third kappa shape index (κ3) is 2.92. The van der Waals surface area contributed by atoms with Crippen molar-refractivity contribution in [2.24, 2.45) is 0 Å². The zero-order valence-corrected chi connectivity index (χ0v) is 8.91. The van der Waals surface area contributed by atoms with E-state index in [-0.39, 0.29) is 5.63 Å². The van der Waals surface area contributed by atoms with Crippen molar-refractivity contribution in [3.05, 3.63) is 16.6 Å². The first-order valence-corrected chi connectivity index (χ1v) is 4.64. The van der Waals surface area contributed by atoms with Gasteiger partial charge in [-0.3, -0.25) is 0 Å². The van der Waals surface area contributed by atoms with Crippen molar-refractivity contribution in [1.29, 1.82) is 0 Å². The molecule has 1 rings (SSSR count). The van der Waals surface area contributed by atoms with Gasteiger partial charge in [0.05, 0.1) is 6.20 Å². The van der Waals surface area contributed by atoms with Crippen LogP contribution in [0.15, 0.2) is 15.5 Å². The predicted octanol–water partition coefficient (Wildman–Crippen LogP) is 0.356. The van der Waals surface area contributed by atoms with Crippen LogP contribution in [0, 0.1) is 0 Å². The second-order valence-electron chi connectivity index (χ2n) is 3.62. The van der Waals surface area contributed by atoms with Gasteiger partial charge in [0.25, 0.3) is 0 Å². The van der Waals surface area contributed by atoms with E-state index < -0.39 is 0 Å². The molecular weight excluding hydrogens is 182 g/mol. The van der Waals surface area contributed by atoms with Gasteiger partial charge in [0.15, 0.2) is 0 Å². The Hall–Kier alpha value is -1.23. The second-order valence-corrected chi connectivity index (χ2v) is 3.62. The highest BCUT2D eigenvalue weighted by atomic mass is 16.5. The number of aromatic amines is 1. The third-order valence-corrected chi connectivity index (χ3v) is 2.07. The van der Waals surface area contributed by atoms with E-state index >= 15 is 0 Å². The summed E-state index contributed by atoms with van der Waals surface area (Å²) in [5.41, 5.74) is 0.279. The van der Waals surface area contributed by atoms with Crippen LogP contribution >= 0.6 is 0 Å². The molecule has 0 spiro atoms. The van der Waals surface area contributed by atoms with Crippen molar-refractivity contribution in [2.45, 2.75) is 6.42 Å². The lowest BCUT2D eigenvalue weighted by atomic mass is 10.3. The second kappa shape index (κ2) is 4.85. The first-order valence-electron chi connectivity index (χ1n) is 4.64. The number of anilines is 1.